The molecule has 0 atom stereocenters. The molecule has 0 spiro atoms. The lowest BCUT2D eigenvalue weighted by Gasteiger charge is -2.13. The van der Waals surface area contributed by atoms with Gasteiger partial charge in [0.05, 0.1) is 20.3 Å². The predicted molar refractivity (Wildman–Crippen MR) is 102 cm³/mol. The van der Waals surface area contributed by atoms with Crippen LogP contribution in [0, 0.1) is 4.77 Å². The monoisotopic (exact) mass is 371 g/mol. The van der Waals surface area contributed by atoms with Crippen molar-refractivity contribution in [3.05, 3.63) is 53.1 Å². The van der Waals surface area contributed by atoms with Crippen LogP contribution in [0.25, 0.3) is 11.4 Å². The van der Waals surface area contributed by atoms with Gasteiger partial charge in [-0.25, -0.2) is 9.77 Å². The number of hydrogen-bond acceptors (Lipinski definition) is 6. The van der Waals surface area contributed by atoms with E-state index in [1.807, 2.05) is 30.3 Å². The summed E-state index contributed by atoms with van der Waals surface area (Å²) < 4.78 is 13.4. The minimum Gasteiger partial charge on any atom is -0.493 e. The maximum absolute atomic E-state index is 5.69. The molecular weight excluding hydrogens is 350 g/mol. The van der Waals surface area contributed by atoms with Crippen molar-refractivity contribution in [3.63, 3.8) is 0 Å². The maximum Gasteiger partial charge on any atom is 0.214 e. The lowest BCUT2D eigenvalue weighted by atomic mass is 10.2. The van der Waals surface area contributed by atoms with Gasteiger partial charge in [-0.1, -0.05) is 13.0 Å². The van der Waals surface area contributed by atoms with Crippen molar-refractivity contribution in [1.29, 1.82) is 0 Å². The number of hydrogen-bond donors (Lipinski definition) is 2. The Kier molecular flexibility index (Phi) is 5.85. The first-order valence-corrected chi connectivity index (χ1v) is 8.75. The molecule has 0 aliphatic carbocycles. The summed E-state index contributed by atoms with van der Waals surface area (Å²) in [5.74, 6) is 2.16. The number of benzene rings is 1. The smallest absolute Gasteiger partial charge is 0.214 e. The van der Waals surface area contributed by atoms with E-state index >= 15 is 0 Å². The molecule has 3 rings (SSSR count). The molecule has 0 bridgehead atoms. The number of aromatic nitrogens is 4. The molecule has 0 aliphatic rings. The van der Waals surface area contributed by atoms with Gasteiger partial charge in [-0.3, -0.25) is 4.98 Å². The third-order valence-corrected chi connectivity index (χ3v) is 4.02. The summed E-state index contributed by atoms with van der Waals surface area (Å²) >= 11 is 5.33. The second-order valence-electron chi connectivity index (χ2n) is 5.59. The molecule has 0 unspecified atom stereocenters. The number of pyridine rings is 1. The highest BCUT2D eigenvalue weighted by Crippen LogP contribution is 2.28. The lowest BCUT2D eigenvalue weighted by Crippen LogP contribution is -2.16. The Morgan fingerprint density at radius 3 is 2.73 bits per heavy atom. The molecule has 7 nitrogen and oxygen atoms in total. The molecule has 0 saturated carbocycles. The van der Waals surface area contributed by atoms with Gasteiger partial charge < -0.3 is 14.9 Å². The van der Waals surface area contributed by atoms with E-state index in [1.54, 1.807) is 24.2 Å². The van der Waals surface area contributed by atoms with Crippen molar-refractivity contribution < 1.29 is 9.47 Å². The molecule has 0 fully saturated rings. The van der Waals surface area contributed by atoms with E-state index in [0.717, 1.165) is 23.3 Å². The van der Waals surface area contributed by atoms with E-state index in [4.69, 9.17) is 21.7 Å². The first-order chi connectivity index (χ1) is 12.7. The molecule has 2 N–H and O–H groups in total. The average Bonchev–Trinajstić information content (AvgIpc) is 3.06. The van der Waals surface area contributed by atoms with Gasteiger partial charge in [0.15, 0.2) is 17.3 Å². The largest absolute Gasteiger partial charge is 0.493 e. The topological polar surface area (TPSA) is 77.0 Å². The van der Waals surface area contributed by atoms with Crippen molar-refractivity contribution in [2.24, 2.45) is 0 Å². The van der Waals surface area contributed by atoms with E-state index in [0.29, 0.717) is 29.5 Å². The quantitative estimate of drug-likeness (QED) is 0.590. The molecule has 2 heterocycles. The Bertz CT molecular complexity index is 907. The van der Waals surface area contributed by atoms with Gasteiger partial charge >= 0.3 is 0 Å². The van der Waals surface area contributed by atoms with E-state index in [9.17, 15) is 0 Å². The van der Waals surface area contributed by atoms with Crippen molar-refractivity contribution in [2.75, 3.05) is 19.1 Å². The zero-order valence-electron chi connectivity index (χ0n) is 14.7. The SMILES string of the molecule is CCCOc1ccc(CNn2c(-c3ccncc3)n[nH]c2=S)cc1OC. The minimum atomic E-state index is 0.492. The van der Waals surface area contributed by atoms with Gasteiger partial charge in [-0.15, -0.1) is 0 Å². The summed E-state index contributed by atoms with van der Waals surface area (Å²) in [5.41, 5.74) is 5.25. The Balaban J connectivity index is 1.78. The average molecular weight is 371 g/mol. The molecule has 0 saturated heterocycles. The van der Waals surface area contributed by atoms with Crippen molar-refractivity contribution in [2.45, 2.75) is 19.9 Å². The zero-order valence-corrected chi connectivity index (χ0v) is 15.5. The van der Waals surface area contributed by atoms with E-state index in [1.165, 1.54) is 0 Å². The van der Waals surface area contributed by atoms with E-state index < -0.39 is 0 Å². The lowest BCUT2D eigenvalue weighted by molar-refractivity contribution is 0.294. The molecule has 1 aromatic carbocycles. The number of H-pyrrole nitrogens is 1. The van der Waals surface area contributed by atoms with Crippen LogP contribution >= 0.6 is 12.2 Å². The summed E-state index contributed by atoms with van der Waals surface area (Å²) in [5, 5.41) is 7.11. The van der Waals surface area contributed by atoms with Crippen LogP contribution in [0.15, 0.2) is 42.7 Å². The summed E-state index contributed by atoms with van der Waals surface area (Å²) in [6.07, 6.45) is 4.39. The van der Waals surface area contributed by atoms with Gasteiger partial charge in [0, 0.05) is 18.0 Å². The Morgan fingerprint density at radius 1 is 1.19 bits per heavy atom. The number of nitrogens with zero attached hydrogens (tertiary/aromatic N) is 3. The second kappa shape index (κ2) is 8.48. The van der Waals surface area contributed by atoms with Crippen LogP contribution in [0.4, 0.5) is 0 Å². The molecule has 136 valence electrons. The second-order valence-corrected chi connectivity index (χ2v) is 5.98. The van der Waals surface area contributed by atoms with Gasteiger partial charge in [-0.05, 0) is 48.5 Å². The third-order valence-electron chi connectivity index (χ3n) is 3.74. The van der Waals surface area contributed by atoms with Crippen molar-refractivity contribution in [3.8, 4) is 22.9 Å². The predicted octanol–water partition coefficient (Wildman–Crippen LogP) is 3.54. The van der Waals surface area contributed by atoms with Crippen LogP contribution in [0.2, 0.25) is 0 Å². The molecule has 2 aromatic heterocycles. The summed E-state index contributed by atoms with van der Waals surface area (Å²) in [4.78, 5) is 4.03. The van der Waals surface area contributed by atoms with Crippen LogP contribution in [0.1, 0.15) is 18.9 Å². The highest BCUT2D eigenvalue weighted by atomic mass is 32.1. The van der Waals surface area contributed by atoms with E-state index in [2.05, 4.69) is 27.5 Å². The molecule has 8 heteroatoms. The molecular formula is C18H21N5O2S. The van der Waals surface area contributed by atoms with Crippen LogP contribution in [0.3, 0.4) is 0 Å². The van der Waals surface area contributed by atoms with Crippen LogP contribution < -0.4 is 14.9 Å². The fraction of sp³-hybridized carbons (Fsp3) is 0.278. The molecule has 0 radical (unpaired) electrons. The molecule has 0 amide bonds. The Morgan fingerprint density at radius 2 is 2.00 bits per heavy atom. The number of methoxy groups -OCH3 is 1. The summed E-state index contributed by atoms with van der Waals surface area (Å²) in [6, 6.07) is 9.63. The first-order valence-electron chi connectivity index (χ1n) is 8.34. The first kappa shape index (κ1) is 17.9. The fourth-order valence-corrected chi connectivity index (χ4v) is 2.66. The molecule has 0 aliphatic heterocycles. The van der Waals surface area contributed by atoms with Crippen molar-refractivity contribution in [1.82, 2.24) is 19.9 Å². The van der Waals surface area contributed by atoms with Gasteiger partial charge in [0.2, 0.25) is 4.77 Å². The van der Waals surface area contributed by atoms with Crippen LogP contribution in [0.5, 0.6) is 11.5 Å². The van der Waals surface area contributed by atoms with E-state index in [-0.39, 0.29) is 0 Å². The standard InChI is InChI=1S/C18H21N5O2S/c1-3-10-25-15-5-4-13(11-16(15)24-2)12-20-23-17(21-22-18(23)26)14-6-8-19-9-7-14/h4-9,11,20H,3,10,12H2,1-2H3,(H,22,26). The maximum atomic E-state index is 5.69. The van der Waals surface area contributed by atoms with Gasteiger partial charge in [-0.2, -0.15) is 5.10 Å². The number of rotatable bonds is 8. The number of aromatic amines is 1. The summed E-state index contributed by atoms with van der Waals surface area (Å²) in [7, 11) is 1.64. The Hall–Kier alpha value is -2.87. The molecule has 26 heavy (non-hydrogen) atoms. The normalized spacial score (nSPS) is 10.5. The zero-order chi connectivity index (χ0) is 18.4. The third kappa shape index (κ3) is 4.02. The summed E-state index contributed by atoms with van der Waals surface area (Å²) in [6.45, 7) is 3.28. The number of nitrogens with one attached hydrogen (secondary N) is 2. The number of ether oxygens (including phenoxy) is 2. The van der Waals surface area contributed by atoms with Gasteiger partial charge in [0.1, 0.15) is 0 Å². The van der Waals surface area contributed by atoms with Gasteiger partial charge in [0.25, 0.3) is 0 Å². The highest BCUT2D eigenvalue weighted by molar-refractivity contribution is 7.71. The highest BCUT2D eigenvalue weighted by Gasteiger charge is 2.10. The molecule has 3 aromatic rings. The van der Waals surface area contributed by atoms with Crippen molar-refractivity contribution >= 4 is 12.2 Å². The van der Waals surface area contributed by atoms with Crippen LogP contribution in [-0.4, -0.2) is 33.6 Å². The van der Waals surface area contributed by atoms with Crippen LogP contribution in [-0.2, 0) is 6.54 Å². The minimum absolute atomic E-state index is 0.492. The Labute approximate surface area is 157 Å². The fourth-order valence-electron chi connectivity index (χ4n) is 2.46.